The van der Waals surface area contributed by atoms with E-state index in [0.717, 1.165) is 17.7 Å². The molecule has 0 bridgehead atoms. The van der Waals surface area contributed by atoms with Gasteiger partial charge in [0.05, 0.1) is 12.8 Å². The Kier molecular flexibility index (Phi) is 7.68. The summed E-state index contributed by atoms with van der Waals surface area (Å²) in [5.41, 5.74) is 4.53. The van der Waals surface area contributed by atoms with Crippen molar-refractivity contribution >= 4 is 12.1 Å². The highest BCUT2D eigenvalue weighted by molar-refractivity contribution is 5.85. The molecule has 0 heterocycles. The number of carbonyl (C=O) groups is 1. The Bertz CT molecular complexity index is 726. The van der Waals surface area contributed by atoms with E-state index in [4.69, 9.17) is 9.47 Å². The minimum Gasteiger partial charge on any atom is -0.493 e. The van der Waals surface area contributed by atoms with E-state index in [1.54, 1.807) is 6.21 Å². The van der Waals surface area contributed by atoms with Crippen molar-refractivity contribution in [1.82, 2.24) is 5.43 Å². The summed E-state index contributed by atoms with van der Waals surface area (Å²) in [6.45, 7) is 6.74. The average molecular weight is 354 g/mol. The van der Waals surface area contributed by atoms with Gasteiger partial charge in [-0.25, -0.2) is 5.43 Å². The summed E-state index contributed by atoms with van der Waals surface area (Å²) in [7, 11) is 0. The van der Waals surface area contributed by atoms with Crippen molar-refractivity contribution in [3.8, 4) is 11.5 Å². The molecule has 0 aliphatic heterocycles. The van der Waals surface area contributed by atoms with E-state index in [2.05, 4.69) is 24.4 Å². The number of ether oxygens (including phenoxy) is 2. The molecule has 0 radical (unpaired) electrons. The fraction of sp³-hybridized carbons (Fsp3) is 0.333. The molecule has 0 aliphatic rings. The zero-order valence-electron chi connectivity index (χ0n) is 15.6. The van der Waals surface area contributed by atoms with Crippen LogP contribution in [-0.2, 0) is 4.79 Å². The Morgan fingerprint density at radius 1 is 1.12 bits per heavy atom. The van der Waals surface area contributed by atoms with Crippen molar-refractivity contribution < 1.29 is 14.3 Å². The smallest absolute Gasteiger partial charge is 0.277 e. The van der Waals surface area contributed by atoms with E-state index in [1.807, 2.05) is 55.5 Å². The van der Waals surface area contributed by atoms with E-state index in [0.29, 0.717) is 18.3 Å². The SMILES string of the molecule is CCOc1ccccc1C=NNC(=O)COc1ccc(C(C)CC)cc1. The first-order chi connectivity index (χ1) is 12.6. The summed E-state index contributed by atoms with van der Waals surface area (Å²) in [6, 6.07) is 15.3. The molecule has 0 aliphatic carbocycles. The number of hydrogen-bond acceptors (Lipinski definition) is 4. The van der Waals surface area contributed by atoms with Crippen LogP contribution >= 0.6 is 0 Å². The van der Waals surface area contributed by atoms with Gasteiger partial charge in [-0.15, -0.1) is 0 Å². The molecule has 0 aromatic heterocycles. The number of amides is 1. The Hall–Kier alpha value is -2.82. The van der Waals surface area contributed by atoms with Crippen LogP contribution < -0.4 is 14.9 Å². The van der Waals surface area contributed by atoms with E-state index >= 15 is 0 Å². The summed E-state index contributed by atoms with van der Waals surface area (Å²) in [4.78, 5) is 11.9. The summed E-state index contributed by atoms with van der Waals surface area (Å²) in [5.74, 6) is 1.59. The zero-order chi connectivity index (χ0) is 18.8. The van der Waals surface area contributed by atoms with Gasteiger partial charge >= 0.3 is 0 Å². The number of nitrogens with one attached hydrogen (secondary N) is 1. The quantitative estimate of drug-likeness (QED) is 0.544. The molecule has 0 spiro atoms. The largest absolute Gasteiger partial charge is 0.493 e. The van der Waals surface area contributed by atoms with E-state index in [1.165, 1.54) is 5.56 Å². The number of rotatable bonds is 9. The maximum Gasteiger partial charge on any atom is 0.277 e. The van der Waals surface area contributed by atoms with E-state index in [9.17, 15) is 4.79 Å². The molecule has 1 N–H and O–H groups in total. The highest BCUT2D eigenvalue weighted by Crippen LogP contribution is 2.21. The molecule has 2 rings (SSSR count). The second-order valence-electron chi connectivity index (χ2n) is 5.93. The lowest BCUT2D eigenvalue weighted by Gasteiger charge is -2.10. The maximum absolute atomic E-state index is 11.9. The minimum atomic E-state index is -0.318. The summed E-state index contributed by atoms with van der Waals surface area (Å²) in [5, 5.41) is 3.96. The third-order valence-electron chi connectivity index (χ3n) is 4.04. The van der Waals surface area contributed by atoms with Gasteiger partial charge in [-0.3, -0.25) is 4.79 Å². The molecule has 0 saturated carbocycles. The van der Waals surface area contributed by atoms with Crippen molar-refractivity contribution in [2.24, 2.45) is 5.10 Å². The van der Waals surface area contributed by atoms with Gasteiger partial charge in [-0.2, -0.15) is 5.10 Å². The molecule has 1 amide bonds. The van der Waals surface area contributed by atoms with Gasteiger partial charge in [-0.05, 0) is 49.1 Å². The monoisotopic (exact) mass is 354 g/mol. The van der Waals surface area contributed by atoms with Crippen LogP contribution in [0.3, 0.4) is 0 Å². The number of para-hydroxylation sites is 1. The van der Waals surface area contributed by atoms with E-state index < -0.39 is 0 Å². The first-order valence-electron chi connectivity index (χ1n) is 8.90. The van der Waals surface area contributed by atoms with Gasteiger partial charge in [0, 0.05) is 5.56 Å². The van der Waals surface area contributed by atoms with Crippen molar-refractivity contribution in [2.75, 3.05) is 13.2 Å². The van der Waals surface area contributed by atoms with Crippen molar-refractivity contribution in [2.45, 2.75) is 33.1 Å². The lowest BCUT2D eigenvalue weighted by molar-refractivity contribution is -0.123. The first-order valence-corrected chi connectivity index (χ1v) is 8.90. The highest BCUT2D eigenvalue weighted by Gasteiger charge is 2.05. The van der Waals surface area contributed by atoms with Crippen LogP contribution in [0.15, 0.2) is 53.6 Å². The summed E-state index contributed by atoms with van der Waals surface area (Å²) < 4.78 is 11.0. The van der Waals surface area contributed by atoms with Gasteiger partial charge < -0.3 is 9.47 Å². The lowest BCUT2D eigenvalue weighted by Crippen LogP contribution is -2.24. The number of nitrogens with zero attached hydrogens (tertiary/aromatic N) is 1. The van der Waals surface area contributed by atoms with Gasteiger partial charge in [0.2, 0.25) is 0 Å². The summed E-state index contributed by atoms with van der Waals surface area (Å²) in [6.07, 6.45) is 2.65. The van der Waals surface area contributed by atoms with Gasteiger partial charge in [0.25, 0.3) is 5.91 Å². The predicted octanol–water partition coefficient (Wildman–Crippen LogP) is 4.13. The summed E-state index contributed by atoms with van der Waals surface area (Å²) >= 11 is 0. The highest BCUT2D eigenvalue weighted by atomic mass is 16.5. The van der Waals surface area contributed by atoms with Crippen molar-refractivity contribution in [3.63, 3.8) is 0 Å². The van der Waals surface area contributed by atoms with Crippen LogP contribution in [0, 0.1) is 0 Å². The van der Waals surface area contributed by atoms with Crippen LogP contribution in [0.1, 0.15) is 44.2 Å². The Morgan fingerprint density at radius 3 is 2.54 bits per heavy atom. The second kappa shape index (κ2) is 10.2. The molecule has 5 heteroatoms. The second-order valence-corrected chi connectivity index (χ2v) is 5.93. The van der Waals surface area contributed by atoms with E-state index in [-0.39, 0.29) is 12.5 Å². The molecular weight excluding hydrogens is 328 g/mol. The van der Waals surface area contributed by atoms with Crippen molar-refractivity contribution in [3.05, 3.63) is 59.7 Å². The standard InChI is InChI=1S/C21H26N2O3/c1-4-16(3)17-10-12-19(13-11-17)26-15-21(24)23-22-14-18-8-6-7-9-20(18)25-5-2/h6-14,16H,4-5,15H2,1-3H3,(H,23,24). The fourth-order valence-corrected chi connectivity index (χ4v) is 2.36. The van der Waals surface area contributed by atoms with Gasteiger partial charge in [0.1, 0.15) is 11.5 Å². The maximum atomic E-state index is 11.9. The molecule has 2 aromatic carbocycles. The lowest BCUT2D eigenvalue weighted by atomic mass is 9.99. The van der Waals surface area contributed by atoms with Crippen LogP contribution in [0.4, 0.5) is 0 Å². The van der Waals surface area contributed by atoms with Crippen LogP contribution in [0.5, 0.6) is 11.5 Å². The molecule has 1 unspecified atom stereocenters. The van der Waals surface area contributed by atoms with Crippen LogP contribution in [0.2, 0.25) is 0 Å². The number of benzene rings is 2. The van der Waals surface area contributed by atoms with Crippen LogP contribution in [0.25, 0.3) is 0 Å². The Labute approximate surface area is 155 Å². The number of hydrazone groups is 1. The van der Waals surface area contributed by atoms with Crippen LogP contribution in [-0.4, -0.2) is 25.3 Å². The minimum absolute atomic E-state index is 0.0902. The molecule has 2 aromatic rings. The molecule has 138 valence electrons. The normalized spacial score (nSPS) is 12.0. The first kappa shape index (κ1) is 19.5. The number of carbonyl (C=O) groups excluding carboxylic acids is 1. The molecule has 1 atom stereocenters. The molecule has 5 nitrogen and oxygen atoms in total. The fourth-order valence-electron chi connectivity index (χ4n) is 2.36. The molecule has 0 fully saturated rings. The molecular formula is C21H26N2O3. The molecule has 26 heavy (non-hydrogen) atoms. The average Bonchev–Trinajstić information content (AvgIpc) is 2.67. The third kappa shape index (κ3) is 5.92. The third-order valence-corrected chi connectivity index (χ3v) is 4.04. The Balaban J connectivity index is 1.82. The number of hydrogen-bond donors (Lipinski definition) is 1. The zero-order valence-corrected chi connectivity index (χ0v) is 15.6. The van der Waals surface area contributed by atoms with Gasteiger partial charge in [-0.1, -0.05) is 38.1 Å². The topological polar surface area (TPSA) is 59.9 Å². The van der Waals surface area contributed by atoms with Gasteiger partial charge in [0.15, 0.2) is 6.61 Å². The molecule has 0 saturated heterocycles. The Morgan fingerprint density at radius 2 is 1.85 bits per heavy atom. The predicted molar refractivity (Wildman–Crippen MR) is 104 cm³/mol. The van der Waals surface area contributed by atoms with Crippen molar-refractivity contribution in [1.29, 1.82) is 0 Å².